The number of rotatable bonds is 5. The number of nitrogens with one attached hydrogen (secondary N) is 1. The molecule has 31 heavy (non-hydrogen) atoms. The normalized spacial score (nSPS) is 22.7. The molecule has 2 aromatic carbocycles. The average molecular weight is 458 g/mol. The monoisotopic (exact) mass is 457 g/mol. The lowest BCUT2D eigenvalue weighted by atomic mass is 9.72. The molecule has 8 heteroatoms. The van der Waals surface area contributed by atoms with Gasteiger partial charge in [0.05, 0.1) is 6.04 Å². The zero-order valence-electron chi connectivity index (χ0n) is 17.7. The summed E-state index contributed by atoms with van der Waals surface area (Å²) in [5.41, 5.74) is 2.16. The number of piperidine rings is 1. The number of nitrogens with zero attached hydrogens (tertiary/aromatic N) is 4. The van der Waals surface area contributed by atoms with E-state index in [1.165, 1.54) is 0 Å². The van der Waals surface area contributed by atoms with E-state index in [0.717, 1.165) is 11.1 Å². The maximum Gasteiger partial charge on any atom is 0.227 e. The van der Waals surface area contributed by atoms with Gasteiger partial charge in [0.2, 0.25) is 5.91 Å². The first-order chi connectivity index (χ1) is 14.9. The second-order valence-corrected chi connectivity index (χ2v) is 9.27. The molecule has 0 radical (unpaired) electrons. The van der Waals surface area contributed by atoms with E-state index in [9.17, 15) is 4.79 Å². The lowest BCUT2D eigenvalue weighted by Gasteiger charge is -2.48. The molecule has 1 amide bonds. The van der Waals surface area contributed by atoms with Crippen LogP contribution in [0.15, 0.2) is 48.5 Å². The summed E-state index contributed by atoms with van der Waals surface area (Å²) in [6.07, 6.45) is 0.658. The molecule has 4 rings (SSSR count). The Morgan fingerprint density at radius 1 is 1.03 bits per heavy atom. The molecule has 1 aliphatic rings. The Balaban J connectivity index is 1.83. The third kappa shape index (κ3) is 4.32. The number of hydrogen-bond donors (Lipinski definition) is 1. The topological polar surface area (TPSA) is 74.8 Å². The van der Waals surface area contributed by atoms with Gasteiger partial charge in [-0.25, -0.2) is 0 Å². The molecule has 1 N–H and O–H groups in total. The number of hydrogen-bond acceptors (Lipinski definition) is 4. The number of H-pyrrole nitrogens is 1. The van der Waals surface area contributed by atoms with E-state index >= 15 is 0 Å². The number of carbonyl (C=O) groups excluding carboxylic acids is 1. The number of likely N-dealkylation sites (tertiary alicyclic amines) is 1. The van der Waals surface area contributed by atoms with Crippen molar-refractivity contribution in [3.05, 3.63) is 75.5 Å². The fourth-order valence-electron chi connectivity index (χ4n) is 4.67. The van der Waals surface area contributed by atoms with Crippen LogP contribution in [0.1, 0.15) is 62.0 Å². The molecule has 0 unspecified atom stereocenters. The number of halogens is 2. The predicted octanol–water partition coefficient (Wildman–Crippen LogP) is 5.39. The Hall–Kier alpha value is -2.44. The highest BCUT2D eigenvalue weighted by Gasteiger charge is 2.46. The molecule has 4 atom stereocenters. The highest BCUT2D eigenvalue weighted by molar-refractivity contribution is 6.30. The minimum absolute atomic E-state index is 0.00938. The van der Waals surface area contributed by atoms with Crippen LogP contribution in [-0.2, 0) is 4.79 Å². The second-order valence-electron chi connectivity index (χ2n) is 8.40. The molecule has 2 heterocycles. The van der Waals surface area contributed by atoms with Gasteiger partial charge < -0.3 is 4.90 Å². The van der Waals surface area contributed by atoms with E-state index in [0.29, 0.717) is 22.3 Å². The van der Waals surface area contributed by atoms with Gasteiger partial charge in [0.15, 0.2) is 5.82 Å². The summed E-state index contributed by atoms with van der Waals surface area (Å²) in [6.45, 7) is 6.10. The highest BCUT2D eigenvalue weighted by Crippen LogP contribution is 2.49. The van der Waals surface area contributed by atoms with E-state index in [2.05, 4.69) is 40.5 Å². The molecular weight excluding hydrogens is 433 g/mol. The van der Waals surface area contributed by atoms with Gasteiger partial charge in [-0.1, -0.05) is 59.6 Å². The quantitative estimate of drug-likeness (QED) is 0.556. The van der Waals surface area contributed by atoms with Crippen molar-refractivity contribution in [2.45, 2.75) is 51.1 Å². The van der Waals surface area contributed by atoms with Crippen LogP contribution in [0.2, 0.25) is 10.0 Å². The Morgan fingerprint density at radius 3 is 2.39 bits per heavy atom. The van der Waals surface area contributed by atoms with Crippen molar-refractivity contribution < 1.29 is 4.79 Å². The highest BCUT2D eigenvalue weighted by atomic mass is 35.5. The lowest BCUT2D eigenvalue weighted by Crippen LogP contribution is -2.51. The predicted molar refractivity (Wildman–Crippen MR) is 121 cm³/mol. The van der Waals surface area contributed by atoms with Crippen molar-refractivity contribution in [1.82, 2.24) is 25.5 Å². The largest absolute Gasteiger partial charge is 0.332 e. The maximum absolute atomic E-state index is 13.8. The van der Waals surface area contributed by atoms with E-state index in [-0.39, 0.29) is 35.7 Å². The molecule has 162 valence electrons. The van der Waals surface area contributed by atoms with Crippen molar-refractivity contribution >= 4 is 29.1 Å². The summed E-state index contributed by atoms with van der Waals surface area (Å²) in [5, 5.41) is 15.8. The molecule has 1 saturated heterocycles. The number of benzene rings is 2. The Labute approximate surface area is 191 Å². The van der Waals surface area contributed by atoms with Gasteiger partial charge in [-0.3, -0.25) is 4.79 Å². The Morgan fingerprint density at radius 2 is 1.77 bits per heavy atom. The third-order valence-electron chi connectivity index (χ3n) is 6.18. The SMILES string of the molecule is CC(C)N1C(=O)[C@@H]([C@H](C)c2nn[nH]n2)C[C@H](c2cccc(Cl)c2)[C@H]1c1ccc(Cl)cc1. The van der Waals surface area contributed by atoms with Crippen molar-refractivity contribution in [3.8, 4) is 0 Å². The van der Waals surface area contributed by atoms with Crippen molar-refractivity contribution in [2.75, 3.05) is 0 Å². The van der Waals surface area contributed by atoms with E-state index < -0.39 is 0 Å². The van der Waals surface area contributed by atoms with Crippen LogP contribution in [-0.4, -0.2) is 37.5 Å². The molecule has 0 spiro atoms. The van der Waals surface area contributed by atoms with Gasteiger partial charge in [-0.2, -0.15) is 5.21 Å². The van der Waals surface area contributed by atoms with Gasteiger partial charge in [-0.05, 0) is 55.7 Å². The summed E-state index contributed by atoms with van der Waals surface area (Å²) in [7, 11) is 0. The molecule has 6 nitrogen and oxygen atoms in total. The van der Waals surface area contributed by atoms with E-state index in [1.807, 2.05) is 54.3 Å². The van der Waals surface area contributed by atoms with Gasteiger partial charge in [0.1, 0.15) is 0 Å². The molecule has 3 aromatic rings. The fraction of sp³-hybridized carbons (Fsp3) is 0.391. The summed E-state index contributed by atoms with van der Waals surface area (Å²) in [4.78, 5) is 15.8. The summed E-state index contributed by atoms with van der Waals surface area (Å²) in [5.74, 6) is 0.273. The van der Waals surface area contributed by atoms with Crippen molar-refractivity contribution in [2.24, 2.45) is 5.92 Å². The first-order valence-electron chi connectivity index (χ1n) is 10.4. The first kappa shape index (κ1) is 21.8. The van der Waals surface area contributed by atoms with Crippen LogP contribution in [0.4, 0.5) is 0 Å². The lowest BCUT2D eigenvalue weighted by molar-refractivity contribution is -0.146. The fourth-order valence-corrected chi connectivity index (χ4v) is 4.99. The Bertz CT molecular complexity index is 1040. The van der Waals surface area contributed by atoms with Crippen LogP contribution < -0.4 is 0 Å². The number of aromatic nitrogens is 4. The molecule has 0 aliphatic carbocycles. The summed E-state index contributed by atoms with van der Waals surface area (Å²) in [6, 6.07) is 15.6. The number of tetrazole rings is 1. The second kappa shape index (κ2) is 8.97. The number of aromatic amines is 1. The van der Waals surface area contributed by atoms with Crippen LogP contribution >= 0.6 is 23.2 Å². The molecular formula is C23H25Cl2N5O. The van der Waals surface area contributed by atoms with Crippen LogP contribution in [0.3, 0.4) is 0 Å². The summed E-state index contributed by atoms with van der Waals surface area (Å²) >= 11 is 12.5. The van der Waals surface area contributed by atoms with E-state index in [4.69, 9.17) is 23.2 Å². The summed E-state index contributed by atoms with van der Waals surface area (Å²) < 4.78 is 0. The molecule has 1 aromatic heterocycles. The van der Waals surface area contributed by atoms with Crippen molar-refractivity contribution in [1.29, 1.82) is 0 Å². The smallest absolute Gasteiger partial charge is 0.227 e. The molecule has 1 fully saturated rings. The first-order valence-corrected chi connectivity index (χ1v) is 11.2. The maximum atomic E-state index is 13.8. The molecule has 0 bridgehead atoms. The third-order valence-corrected chi connectivity index (χ3v) is 6.66. The number of amides is 1. The minimum Gasteiger partial charge on any atom is -0.332 e. The van der Waals surface area contributed by atoms with Gasteiger partial charge >= 0.3 is 0 Å². The zero-order valence-corrected chi connectivity index (χ0v) is 19.2. The van der Waals surface area contributed by atoms with Crippen molar-refractivity contribution in [3.63, 3.8) is 0 Å². The van der Waals surface area contributed by atoms with Gasteiger partial charge in [0, 0.05) is 33.8 Å². The Kier molecular flexibility index (Phi) is 6.30. The van der Waals surface area contributed by atoms with Crippen LogP contribution in [0.5, 0.6) is 0 Å². The van der Waals surface area contributed by atoms with E-state index in [1.54, 1.807) is 0 Å². The standard InChI is InChI=1S/C23H25Cl2N5O/c1-13(2)30-21(15-7-9-17(24)10-8-15)20(16-5-4-6-18(25)11-16)12-19(23(30)31)14(3)22-26-28-29-27-22/h4-11,13-14,19-21H,12H2,1-3H3,(H,26,27,28,29)/t14-,19+,20+,21+/m0/s1. The molecule has 1 aliphatic heterocycles. The van der Waals surface area contributed by atoms with Gasteiger partial charge in [0.25, 0.3) is 0 Å². The molecule has 0 saturated carbocycles. The zero-order chi connectivity index (χ0) is 22.1. The van der Waals surface area contributed by atoms with Crippen LogP contribution in [0, 0.1) is 5.92 Å². The number of carbonyl (C=O) groups is 1. The minimum atomic E-state index is -0.271. The van der Waals surface area contributed by atoms with Gasteiger partial charge in [-0.15, -0.1) is 10.2 Å². The average Bonchev–Trinajstić information content (AvgIpc) is 3.28. The van der Waals surface area contributed by atoms with Crippen LogP contribution in [0.25, 0.3) is 0 Å².